The molecule has 2 N–H and O–H groups in total. The molecule has 0 unspecified atom stereocenters. The zero-order valence-electron chi connectivity index (χ0n) is 17.1. The number of Topliss-reactive ketones (excluding diaryl/α,β-unsaturated/α-hetero) is 1. The quantitative estimate of drug-likeness (QED) is 0.621. The second-order valence-electron chi connectivity index (χ2n) is 8.31. The number of ketones is 1. The number of ether oxygens (including phenoxy) is 2. The van der Waals surface area contributed by atoms with Crippen LogP contribution in [-0.4, -0.2) is 20.0 Å². The summed E-state index contributed by atoms with van der Waals surface area (Å²) < 4.78 is 11.9. The summed E-state index contributed by atoms with van der Waals surface area (Å²) in [7, 11) is 3.26. The number of hydrogen-bond donors (Lipinski definition) is 2. The highest BCUT2D eigenvalue weighted by molar-refractivity contribution is 9.10. The molecule has 29 heavy (non-hydrogen) atoms. The van der Waals surface area contributed by atoms with Gasteiger partial charge in [-0.3, -0.25) is 4.79 Å². The van der Waals surface area contributed by atoms with Crippen molar-refractivity contribution < 1.29 is 14.3 Å². The highest BCUT2D eigenvalue weighted by atomic mass is 79.9. The third-order valence-corrected chi connectivity index (χ3v) is 6.19. The Morgan fingerprint density at radius 3 is 2.48 bits per heavy atom. The average molecular weight is 457 g/mol. The predicted molar refractivity (Wildman–Crippen MR) is 119 cm³/mol. The lowest BCUT2D eigenvalue weighted by Gasteiger charge is -2.34. The minimum absolute atomic E-state index is 0.0893. The van der Waals surface area contributed by atoms with E-state index in [0.717, 1.165) is 39.1 Å². The van der Waals surface area contributed by atoms with Crippen LogP contribution in [0.2, 0.25) is 0 Å². The molecule has 0 amide bonds. The molecule has 0 aromatic heterocycles. The Morgan fingerprint density at radius 2 is 1.79 bits per heavy atom. The molecule has 0 fully saturated rings. The maximum Gasteiger partial charge on any atom is 0.163 e. The monoisotopic (exact) mass is 456 g/mol. The van der Waals surface area contributed by atoms with E-state index < -0.39 is 0 Å². The summed E-state index contributed by atoms with van der Waals surface area (Å²) >= 11 is 3.69. The van der Waals surface area contributed by atoms with Crippen LogP contribution in [0.15, 0.2) is 52.1 Å². The first-order valence-corrected chi connectivity index (χ1v) is 10.4. The lowest BCUT2D eigenvalue weighted by Crippen LogP contribution is -2.31. The van der Waals surface area contributed by atoms with Crippen LogP contribution in [0.4, 0.5) is 11.4 Å². The van der Waals surface area contributed by atoms with Gasteiger partial charge in [0.2, 0.25) is 0 Å². The van der Waals surface area contributed by atoms with E-state index in [1.807, 2.05) is 36.4 Å². The number of halogens is 1. The molecule has 1 heterocycles. The van der Waals surface area contributed by atoms with Crippen LogP contribution in [0.1, 0.15) is 38.3 Å². The van der Waals surface area contributed by atoms with Crippen LogP contribution >= 0.6 is 15.9 Å². The number of fused-ring (bicyclic) bond motifs is 1. The van der Waals surface area contributed by atoms with Gasteiger partial charge in [-0.1, -0.05) is 41.9 Å². The van der Waals surface area contributed by atoms with Crippen molar-refractivity contribution in [3.05, 3.63) is 57.7 Å². The molecule has 152 valence electrons. The van der Waals surface area contributed by atoms with Gasteiger partial charge >= 0.3 is 0 Å². The first kappa shape index (κ1) is 19.8. The molecule has 0 saturated carbocycles. The molecule has 0 saturated heterocycles. The summed E-state index contributed by atoms with van der Waals surface area (Å²) in [6.07, 6.45) is 1.31. The number of allylic oxidation sites excluding steroid dienone is 1. The highest BCUT2D eigenvalue weighted by Gasteiger charge is 2.40. The fourth-order valence-electron chi connectivity index (χ4n) is 4.24. The van der Waals surface area contributed by atoms with Gasteiger partial charge in [0, 0.05) is 33.8 Å². The molecule has 1 aliphatic carbocycles. The summed E-state index contributed by atoms with van der Waals surface area (Å²) in [4.78, 5) is 13.3. The Morgan fingerprint density at radius 1 is 1.07 bits per heavy atom. The maximum atomic E-state index is 13.3. The molecule has 1 atom stereocenters. The van der Waals surface area contributed by atoms with Gasteiger partial charge in [-0.15, -0.1) is 0 Å². The van der Waals surface area contributed by atoms with Crippen LogP contribution in [0.3, 0.4) is 0 Å². The van der Waals surface area contributed by atoms with E-state index in [0.29, 0.717) is 17.9 Å². The van der Waals surface area contributed by atoms with E-state index in [2.05, 4.69) is 40.4 Å². The van der Waals surface area contributed by atoms with Gasteiger partial charge in [0.25, 0.3) is 0 Å². The summed E-state index contributed by atoms with van der Waals surface area (Å²) in [6.45, 7) is 4.28. The molecular formula is C23H25BrN2O3. The topological polar surface area (TPSA) is 59.6 Å². The fraction of sp³-hybridized carbons (Fsp3) is 0.348. The fourth-order valence-corrected chi connectivity index (χ4v) is 4.89. The van der Waals surface area contributed by atoms with Crippen molar-refractivity contribution in [3.8, 4) is 11.5 Å². The maximum absolute atomic E-state index is 13.3. The van der Waals surface area contributed by atoms with Crippen molar-refractivity contribution in [2.75, 3.05) is 24.9 Å². The molecule has 0 radical (unpaired) electrons. The lowest BCUT2D eigenvalue weighted by molar-refractivity contribution is -0.118. The summed E-state index contributed by atoms with van der Waals surface area (Å²) in [5.74, 6) is 1.51. The van der Waals surface area contributed by atoms with Crippen LogP contribution in [0.25, 0.3) is 0 Å². The number of anilines is 2. The number of methoxy groups -OCH3 is 2. The first-order chi connectivity index (χ1) is 13.8. The number of benzene rings is 2. The number of rotatable bonds is 3. The van der Waals surface area contributed by atoms with E-state index >= 15 is 0 Å². The van der Waals surface area contributed by atoms with E-state index in [9.17, 15) is 4.79 Å². The molecule has 1 aliphatic heterocycles. The van der Waals surface area contributed by atoms with Gasteiger partial charge in [-0.2, -0.15) is 0 Å². The second kappa shape index (κ2) is 7.41. The molecule has 2 aromatic rings. The standard InChI is InChI=1S/C23H25BrN2O3/c1-23(2)11-17-21(18(27)12-23)22(26-16-8-6-5-7-15(16)25-17)20-14(24)9-13(28-3)10-19(20)29-4/h5-10,22,25-26H,11-12H2,1-4H3/t22-/m0/s1. The van der Waals surface area contributed by atoms with Gasteiger partial charge < -0.3 is 20.1 Å². The highest BCUT2D eigenvalue weighted by Crippen LogP contribution is 2.49. The van der Waals surface area contributed by atoms with E-state index in [1.54, 1.807) is 14.2 Å². The number of nitrogens with one attached hydrogen (secondary N) is 2. The summed E-state index contributed by atoms with van der Waals surface area (Å²) in [5.41, 5.74) is 4.45. The van der Waals surface area contributed by atoms with E-state index in [-0.39, 0.29) is 17.2 Å². The minimum atomic E-state index is -0.347. The Kier molecular flexibility index (Phi) is 5.07. The van der Waals surface area contributed by atoms with Crippen molar-refractivity contribution >= 4 is 33.1 Å². The number of carbonyl (C=O) groups excluding carboxylic acids is 1. The predicted octanol–water partition coefficient (Wildman–Crippen LogP) is 5.69. The molecule has 2 aromatic carbocycles. The lowest BCUT2D eigenvalue weighted by atomic mass is 9.73. The smallest absolute Gasteiger partial charge is 0.163 e. The van der Waals surface area contributed by atoms with Crippen LogP contribution in [0.5, 0.6) is 11.5 Å². The Bertz CT molecular complexity index is 1010. The zero-order valence-corrected chi connectivity index (χ0v) is 18.6. The average Bonchev–Trinajstić information content (AvgIpc) is 2.82. The van der Waals surface area contributed by atoms with E-state index in [4.69, 9.17) is 9.47 Å². The summed E-state index contributed by atoms with van der Waals surface area (Å²) in [6, 6.07) is 11.4. The summed E-state index contributed by atoms with van der Waals surface area (Å²) in [5, 5.41) is 7.14. The number of para-hydroxylation sites is 2. The first-order valence-electron chi connectivity index (χ1n) is 9.63. The van der Waals surface area contributed by atoms with Gasteiger partial charge in [0.15, 0.2) is 5.78 Å². The molecule has 0 bridgehead atoms. The van der Waals surface area contributed by atoms with Gasteiger partial charge in [0.1, 0.15) is 11.5 Å². The minimum Gasteiger partial charge on any atom is -0.497 e. The third kappa shape index (κ3) is 3.62. The molecule has 4 rings (SSSR count). The largest absolute Gasteiger partial charge is 0.497 e. The van der Waals surface area contributed by atoms with Gasteiger partial charge in [-0.05, 0) is 30.0 Å². The van der Waals surface area contributed by atoms with Crippen LogP contribution in [0, 0.1) is 5.41 Å². The Balaban J connectivity index is 1.95. The molecule has 2 aliphatic rings. The third-order valence-electron chi connectivity index (χ3n) is 5.53. The molecule has 0 spiro atoms. The second-order valence-corrected chi connectivity index (χ2v) is 9.16. The number of hydrogen-bond acceptors (Lipinski definition) is 5. The molecule has 6 heteroatoms. The molecule has 5 nitrogen and oxygen atoms in total. The van der Waals surface area contributed by atoms with Gasteiger partial charge in [-0.25, -0.2) is 0 Å². The molecular weight excluding hydrogens is 432 g/mol. The van der Waals surface area contributed by atoms with Crippen molar-refractivity contribution in [1.29, 1.82) is 0 Å². The van der Waals surface area contributed by atoms with Crippen molar-refractivity contribution in [2.45, 2.75) is 32.7 Å². The van der Waals surface area contributed by atoms with Crippen LogP contribution in [-0.2, 0) is 4.79 Å². The zero-order chi connectivity index (χ0) is 20.8. The Labute approximate surface area is 179 Å². The normalized spacial score (nSPS) is 20.0. The van der Waals surface area contributed by atoms with Gasteiger partial charge in [0.05, 0.1) is 31.6 Å². The van der Waals surface area contributed by atoms with Crippen molar-refractivity contribution in [1.82, 2.24) is 0 Å². The number of carbonyl (C=O) groups is 1. The van der Waals surface area contributed by atoms with Crippen LogP contribution < -0.4 is 20.1 Å². The van der Waals surface area contributed by atoms with Crippen molar-refractivity contribution in [3.63, 3.8) is 0 Å². The SMILES string of the molecule is COc1cc(Br)c([C@@H]2Nc3ccccc3NC3=C2C(=O)CC(C)(C)C3)c(OC)c1. The van der Waals surface area contributed by atoms with Crippen molar-refractivity contribution in [2.24, 2.45) is 5.41 Å². The van der Waals surface area contributed by atoms with E-state index in [1.165, 1.54) is 0 Å². The Hall–Kier alpha value is -2.47.